The summed E-state index contributed by atoms with van der Waals surface area (Å²) in [7, 11) is 0. The summed E-state index contributed by atoms with van der Waals surface area (Å²) >= 11 is 5.83. The Bertz CT molecular complexity index is 405. The standard InChI is InChI=1S/C15H21ClN2O.ClH/c16-14-7-5-12(6-8-14)2-1-9-18-15(19)11-17-10-13-3-4-13;/h5-8,13,17H,1-4,9-11H2,(H,18,19);1H. The molecule has 2 N–H and O–H groups in total. The van der Waals surface area contributed by atoms with Crippen LogP contribution in [0.15, 0.2) is 24.3 Å². The number of aryl methyl sites for hydroxylation is 1. The highest BCUT2D eigenvalue weighted by Crippen LogP contribution is 2.27. The number of nitrogens with one attached hydrogen (secondary N) is 2. The maximum Gasteiger partial charge on any atom is 0.233 e. The Morgan fingerprint density at radius 3 is 2.60 bits per heavy atom. The molecule has 2 rings (SSSR count). The van der Waals surface area contributed by atoms with Gasteiger partial charge in [-0.3, -0.25) is 4.79 Å². The Morgan fingerprint density at radius 1 is 1.25 bits per heavy atom. The second-order valence-electron chi connectivity index (χ2n) is 5.15. The van der Waals surface area contributed by atoms with E-state index in [1.807, 2.05) is 24.3 Å². The van der Waals surface area contributed by atoms with Crippen molar-refractivity contribution in [3.05, 3.63) is 34.9 Å². The summed E-state index contributed by atoms with van der Waals surface area (Å²) in [5.41, 5.74) is 1.26. The van der Waals surface area contributed by atoms with Crippen LogP contribution in [-0.2, 0) is 11.2 Å². The van der Waals surface area contributed by atoms with E-state index >= 15 is 0 Å². The zero-order valence-electron chi connectivity index (χ0n) is 11.5. The lowest BCUT2D eigenvalue weighted by atomic mass is 10.1. The van der Waals surface area contributed by atoms with Gasteiger partial charge in [0.1, 0.15) is 0 Å². The molecule has 112 valence electrons. The van der Waals surface area contributed by atoms with Crippen LogP contribution in [0, 0.1) is 5.92 Å². The molecule has 0 spiro atoms. The Balaban J connectivity index is 0.00000200. The van der Waals surface area contributed by atoms with E-state index in [9.17, 15) is 4.79 Å². The summed E-state index contributed by atoms with van der Waals surface area (Å²) in [5.74, 6) is 0.912. The first kappa shape index (κ1) is 17.3. The summed E-state index contributed by atoms with van der Waals surface area (Å²) in [6, 6.07) is 7.86. The molecule has 0 aliphatic heterocycles. The first-order valence-electron chi connectivity index (χ1n) is 6.96. The van der Waals surface area contributed by atoms with Crippen molar-refractivity contribution in [3.63, 3.8) is 0 Å². The molecule has 1 aromatic rings. The molecule has 1 amide bonds. The summed E-state index contributed by atoms with van der Waals surface area (Å²) in [6.07, 6.45) is 4.55. The van der Waals surface area contributed by atoms with Crippen molar-refractivity contribution in [2.75, 3.05) is 19.6 Å². The second-order valence-corrected chi connectivity index (χ2v) is 5.59. The number of halogens is 2. The van der Waals surface area contributed by atoms with E-state index in [2.05, 4.69) is 10.6 Å². The summed E-state index contributed by atoms with van der Waals surface area (Å²) in [4.78, 5) is 11.5. The molecule has 1 saturated carbocycles. The molecule has 3 nitrogen and oxygen atoms in total. The number of hydrogen-bond donors (Lipinski definition) is 2. The number of hydrogen-bond acceptors (Lipinski definition) is 2. The molecule has 0 bridgehead atoms. The van der Waals surface area contributed by atoms with Crippen LogP contribution in [0.5, 0.6) is 0 Å². The predicted molar refractivity (Wildman–Crippen MR) is 85.6 cm³/mol. The molecular formula is C15H22Cl2N2O. The molecule has 0 saturated heterocycles. The third kappa shape index (κ3) is 7.13. The highest BCUT2D eigenvalue weighted by molar-refractivity contribution is 6.30. The summed E-state index contributed by atoms with van der Waals surface area (Å²) in [6.45, 7) is 2.15. The topological polar surface area (TPSA) is 41.1 Å². The van der Waals surface area contributed by atoms with E-state index in [1.54, 1.807) is 0 Å². The monoisotopic (exact) mass is 316 g/mol. The molecular weight excluding hydrogens is 295 g/mol. The van der Waals surface area contributed by atoms with Gasteiger partial charge >= 0.3 is 0 Å². The highest BCUT2D eigenvalue weighted by Gasteiger charge is 2.20. The average molecular weight is 317 g/mol. The van der Waals surface area contributed by atoms with Gasteiger partial charge in [-0.15, -0.1) is 12.4 Å². The van der Waals surface area contributed by atoms with Gasteiger partial charge in [-0.05, 0) is 55.8 Å². The maximum absolute atomic E-state index is 11.5. The quantitative estimate of drug-likeness (QED) is 0.724. The first-order valence-corrected chi connectivity index (χ1v) is 7.33. The van der Waals surface area contributed by atoms with Gasteiger partial charge in [0.05, 0.1) is 6.54 Å². The smallest absolute Gasteiger partial charge is 0.233 e. The van der Waals surface area contributed by atoms with E-state index < -0.39 is 0 Å². The number of amides is 1. The van der Waals surface area contributed by atoms with Crippen molar-refractivity contribution in [2.24, 2.45) is 5.92 Å². The minimum Gasteiger partial charge on any atom is -0.355 e. The van der Waals surface area contributed by atoms with Crippen LogP contribution in [0.4, 0.5) is 0 Å². The molecule has 1 aromatic carbocycles. The van der Waals surface area contributed by atoms with E-state index in [0.29, 0.717) is 6.54 Å². The van der Waals surface area contributed by atoms with Gasteiger partial charge in [-0.2, -0.15) is 0 Å². The van der Waals surface area contributed by atoms with Gasteiger partial charge in [0, 0.05) is 11.6 Å². The van der Waals surface area contributed by atoms with Crippen LogP contribution in [-0.4, -0.2) is 25.5 Å². The third-order valence-electron chi connectivity index (χ3n) is 3.29. The van der Waals surface area contributed by atoms with Crippen molar-refractivity contribution < 1.29 is 4.79 Å². The Labute approximate surface area is 131 Å². The molecule has 0 unspecified atom stereocenters. The minimum atomic E-state index is 0. The fraction of sp³-hybridized carbons (Fsp3) is 0.533. The van der Waals surface area contributed by atoms with Gasteiger partial charge in [-0.1, -0.05) is 23.7 Å². The Hall–Kier alpha value is -0.770. The zero-order chi connectivity index (χ0) is 13.5. The maximum atomic E-state index is 11.5. The predicted octanol–water partition coefficient (Wildman–Crippen LogP) is 2.81. The average Bonchev–Trinajstić information content (AvgIpc) is 3.21. The fourth-order valence-electron chi connectivity index (χ4n) is 1.95. The van der Waals surface area contributed by atoms with Gasteiger partial charge < -0.3 is 10.6 Å². The van der Waals surface area contributed by atoms with E-state index in [4.69, 9.17) is 11.6 Å². The minimum absolute atomic E-state index is 0. The fourth-order valence-corrected chi connectivity index (χ4v) is 2.07. The highest BCUT2D eigenvalue weighted by atomic mass is 35.5. The Morgan fingerprint density at radius 2 is 1.95 bits per heavy atom. The normalized spacial score (nSPS) is 13.7. The van der Waals surface area contributed by atoms with Crippen molar-refractivity contribution in [2.45, 2.75) is 25.7 Å². The molecule has 0 radical (unpaired) electrons. The number of benzene rings is 1. The third-order valence-corrected chi connectivity index (χ3v) is 3.55. The molecule has 5 heteroatoms. The van der Waals surface area contributed by atoms with Crippen LogP contribution >= 0.6 is 24.0 Å². The van der Waals surface area contributed by atoms with Crippen molar-refractivity contribution in [1.82, 2.24) is 10.6 Å². The Kier molecular flexibility index (Phi) is 7.97. The number of carbonyl (C=O) groups excluding carboxylic acids is 1. The van der Waals surface area contributed by atoms with Gasteiger partial charge in [0.15, 0.2) is 0 Å². The summed E-state index contributed by atoms with van der Waals surface area (Å²) in [5, 5.41) is 6.88. The lowest BCUT2D eigenvalue weighted by Crippen LogP contribution is -2.35. The first-order chi connectivity index (χ1) is 9.24. The van der Waals surface area contributed by atoms with Crippen LogP contribution in [0.1, 0.15) is 24.8 Å². The molecule has 1 fully saturated rings. The van der Waals surface area contributed by atoms with Crippen molar-refractivity contribution in [3.8, 4) is 0 Å². The number of rotatable bonds is 8. The second kappa shape index (κ2) is 9.22. The van der Waals surface area contributed by atoms with Gasteiger partial charge in [0.2, 0.25) is 5.91 Å². The molecule has 20 heavy (non-hydrogen) atoms. The van der Waals surface area contributed by atoms with Crippen molar-refractivity contribution in [1.29, 1.82) is 0 Å². The summed E-state index contributed by atoms with van der Waals surface area (Å²) < 4.78 is 0. The van der Waals surface area contributed by atoms with E-state index in [0.717, 1.165) is 36.9 Å². The SMILES string of the molecule is Cl.O=C(CNCC1CC1)NCCCc1ccc(Cl)cc1. The van der Waals surface area contributed by atoms with E-state index in [1.165, 1.54) is 18.4 Å². The largest absolute Gasteiger partial charge is 0.355 e. The van der Waals surface area contributed by atoms with Crippen LogP contribution in [0.3, 0.4) is 0 Å². The van der Waals surface area contributed by atoms with Crippen LogP contribution in [0.25, 0.3) is 0 Å². The zero-order valence-corrected chi connectivity index (χ0v) is 13.1. The molecule has 1 aliphatic rings. The van der Waals surface area contributed by atoms with Crippen LogP contribution in [0.2, 0.25) is 5.02 Å². The van der Waals surface area contributed by atoms with Gasteiger partial charge in [-0.25, -0.2) is 0 Å². The lowest BCUT2D eigenvalue weighted by molar-refractivity contribution is -0.120. The van der Waals surface area contributed by atoms with Crippen LogP contribution < -0.4 is 10.6 Å². The van der Waals surface area contributed by atoms with E-state index in [-0.39, 0.29) is 18.3 Å². The molecule has 0 atom stereocenters. The molecule has 0 heterocycles. The van der Waals surface area contributed by atoms with Gasteiger partial charge in [0.25, 0.3) is 0 Å². The molecule has 1 aliphatic carbocycles. The molecule has 0 aromatic heterocycles. The lowest BCUT2D eigenvalue weighted by Gasteiger charge is -2.06. The number of carbonyl (C=O) groups is 1. The van der Waals surface area contributed by atoms with Crippen molar-refractivity contribution >= 4 is 29.9 Å².